The van der Waals surface area contributed by atoms with Crippen molar-refractivity contribution in [2.45, 2.75) is 0 Å². The van der Waals surface area contributed by atoms with Gasteiger partial charge >= 0.3 is 0 Å². The van der Waals surface area contributed by atoms with Gasteiger partial charge in [0.2, 0.25) is 0 Å². The number of rotatable bonds is 8. The fourth-order valence-corrected chi connectivity index (χ4v) is 2.55. The number of hydrogen-bond acceptors (Lipinski definition) is 6. The van der Waals surface area contributed by atoms with E-state index in [4.69, 9.17) is 9.29 Å². The molecule has 0 heterocycles. The number of carbonyl (C=O) groups is 1. The van der Waals surface area contributed by atoms with E-state index in [1.54, 1.807) is 24.3 Å². The predicted molar refractivity (Wildman–Crippen MR) is 107 cm³/mol. The number of anilines is 1. The third-order valence-electron chi connectivity index (χ3n) is 3.45. The summed E-state index contributed by atoms with van der Waals surface area (Å²) in [7, 11) is -1.12. The molecule has 1 radical (unpaired) electrons. The van der Waals surface area contributed by atoms with Crippen molar-refractivity contribution in [1.82, 2.24) is 5.01 Å². The van der Waals surface area contributed by atoms with Gasteiger partial charge in [0, 0.05) is 47.9 Å². The number of hydrogen-bond donors (Lipinski definition) is 2. The third kappa shape index (κ3) is 7.95. The smallest absolute Gasteiger partial charge is 0.266 e. The van der Waals surface area contributed by atoms with E-state index in [-0.39, 0.29) is 42.0 Å². The van der Waals surface area contributed by atoms with Gasteiger partial charge in [-0.3, -0.25) is 14.4 Å². The Labute approximate surface area is 185 Å². The Morgan fingerprint density at radius 3 is 2.50 bits per heavy atom. The zero-order valence-electron chi connectivity index (χ0n) is 15.9. The second kappa shape index (κ2) is 11.1. The van der Waals surface area contributed by atoms with Crippen LogP contribution in [0.1, 0.15) is 10.4 Å². The number of para-hydroxylation sites is 1. The Balaban J connectivity index is 0.00000392. The molecule has 9 nitrogen and oxygen atoms in total. The van der Waals surface area contributed by atoms with Crippen molar-refractivity contribution in [1.29, 1.82) is 0 Å². The molecule has 145 valence electrons. The maximum Gasteiger partial charge on any atom is 0.266 e. The van der Waals surface area contributed by atoms with Crippen LogP contribution >= 0.6 is 0 Å². The monoisotopic (exact) mass is 415 g/mol. The number of carbonyl (C=O) groups excluding carboxylic acids is 1. The number of nitrogens with zero attached hydrogens (tertiary/aromatic N) is 3. The van der Waals surface area contributed by atoms with E-state index >= 15 is 0 Å². The summed E-state index contributed by atoms with van der Waals surface area (Å²) in [6, 6.07) is 13.7. The fourth-order valence-electron chi connectivity index (χ4n) is 2.05. The van der Waals surface area contributed by atoms with Crippen LogP contribution in [-0.2, 0) is 10.1 Å². The molecule has 1 amide bonds. The normalized spacial score (nSPS) is 11.0. The van der Waals surface area contributed by atoms with Crippen LogP contribution < -0.4 is 10.1 Å². The van der Waals surface area contributed by atoms with Gasteiger partial charge < -0.3 is 10.1 Å². The van der Waals surface area contributed by atoms with Gasteiger partial charge in [-0.2, -0.15) is 8.42 Å². The minimum Gasteiger partial charge on any atom is -0.494 e. The first-order chi connectivity index (χ1) is 12.8. The SMILES string of the molecule is COc1ccc(C(=O)Nc2ccccc2)cc1N=NN(C)CCS(=O)(=O)O.[Na]. The summed E-state index contributed by atoms with van der Waals surface area (Å²) >= 11 is 0. The number of ether oxygens (including phenoxy) is 1. The molecule has 0 bridgehead atoms. The topological polar surface area (TPSA) is 121 Å². The maximum atomic E-state index is 12.4. The molecule has 2 aromatic rings. The molecule has 0 spiro atoms. The van der Waals surface area contributed by atoms with Gasteiger partial charge in [0.1, 0.15) is 11.4 Å². The van der Waals surface area contributed by atoms with Crippen molar-refractivity contribution in [3.05, 3.63) is 54.1 Å². The summed E-state index contributed by atoms with van der Waals surface area (Å²) in [5.74, 6) is -0.391. The number of nitrogens with one attached hydrogen (secondary N) is 1. The summed E-state index contributed by atoms with van der Waals surface area (Å²) in [5.41, 5.74) is 1.32. The third-order valence-corrected chi connectivity index (χ3v) is 4.15. The maximum absolute atomic E-state index is 12.4. The summed E-state index contributed by atoms with van der Waals surface area (Å²) in [5, 5.41) is 11.9. The molecule has 2 N–H and O–H groups in total. The van der Waals surface area contributed by atoms with Crippen molar-refractivity contribution in [2.75, 3.05) is 31.8 Å². The molecule has 0 fully saturated rings. The zero-order chi connectivity index (χ0) is 19.9. The molecule has 0 atom stereocenters. The van der Waals surface area contributed by atoms with Crippen molar-refractivity contribution in [3.8, 4) is 5.75 Å². The number of methoxy groups -OCH3 is 1. The predicted octanol–water partition coefficient (Wildman–Crippen LogP) is 2.38. The van der Waals surface area contributed by atoms with E-state index in [0.29, 0.717) is 22.7 Å². The molecule has 0 saturated heterocycles. The molecule has 0 aromatic heterocycles. The summed E-state index contributed by atoms with van der Waals surface area (Å²) in [6.07, 6.45) is 0. The van der Waals surface area contributed by atoms with Gasteiger partial charge in [0.15, 0.2) is 0 Å². The van der Waals surface area contributed by atoms with Gasteiger partial charge in [-0.1, -0.05) is 23.4 Å². The number of benzene rings is 2. The fraction of sp³-hybridized carbons (Fsp3) is 0.235. The van der Waals surface area contributed by atoms with Crippen molar-refractivity contribution >= 4 is 57.0 Å². The quantitative estimate of drug-likeness (QED) is 0.296. The van der Waals surface area contributed by atoms with Crippen LogP contribution in [0.25, 0.3) is 0 Å². The van der Waals surface area contributed by atoms with E-state index in [1.165, 1.54) is 25.2 Å². The number of amides is 1. The Morgan fingerprint density at radius 2 is 1.89 bits per heavy atom. The summed E-state index contributed by atoms with van der Waals surface area (Å²) in [6.45, 7) is -0.0428. The Hall–Kier alpha value is -1.98. The first-order valence-corrected chi connectivity index (χ1v) is 9.52. The van der Waals surface area contributed by atoms with E-state index in [1.807, 2.05) is 18.2 Å². The first-order valence-electron chi connectivity index (χ1n) is 7.91. The molecule has 11 heteroatoms. The van der Waals surface area contributed by atoms with Gasteiger partial charge in [-0.25, -0.2) is 0 Å². The average Bonchev–Trinajstić information content (AvgIpc) is 2.64. The van der Waals surface area contributed by atoms with Crippen LogP contribution in [-0.4, -0.2) is 79.9 Å². The van der Waals surface area contributed by atoms with Crippen molar-refractivity contribution < 1.29 is 22.5 Å². The zero-order valence-corrected chi connectivity index (χ0v) is 18.7. The second-order valence-electron chi connectivity index (χ2n) is 5.56. The molecular weight excluding hydrogens is 395 g/mol. The van der Waals surface area contributed by atoms with E-state index in [0.717, 1.165) is 0 Å². The van der Waals surface area contributed by atoms with Crippen LogP contribution in [0.5, 0.6) is 5.75 Å². The summed E-state index contributed by atoms with van der Waals surface area (Å²) < 4.78 is 35.5. The van der Waals surface area contributed by atoms with Crippen LogP contribution in [0, 0.1) is 0 Å². The molecule has 0 unspecified atom stereocenters. The molecule has 0 aliphatic heterocycles. The standard InChI is InChI=1S/C17H20N4O5S.Na/c1-21(10-11-27(23,24)25)20-19-15-12-13(8-9-16(15)26-2)17(22)18-14-6-4-3-5-7-14;/h3-9,12H,10-11H2,1-2H3,(H,18,22)(H,23,24,25);. The van der Waals surface area contributed by atoms with E-state index in [2.05, 4.69) is 15.7 Å². The van der Waals surface area contributed by atoms with Gasteiger partial charge in [0.05, 0.1) is 19.4 Å². The van der Waals surface area contributed by atoms with Crippen molar-refractivity contribution in [2.24, 2.45) is 10.3 Å². The molecule has 28 heavy (non-hydrogen) atoms. The largest absolute Gasteiger partial charge is 0.494 e. The van der Waals surface area contributed by atoms with Gasteiger partial charge in [-0.15, -0.1) is 5.11 Å². The van der Waals surface area contributed by atoms with E-state index < -0.39 is 15.9 Å². The molecule has 0 aliphatic rings. The molecule has 2 rings (SSSR count). The molecule has 2 aromatic carbocycles. The Morgan fingerprint density at radius 1 is 1.21 bits per heavy atom. The average molecular weight is 415 g/mol. The molecule has 0 aliphatic carbocycles. The van der Waals surface area contributed by atoms with Crippen LogP contribution in [0.4, 0.5) is 11.4 Å². The second-order valence-corrected chi connectivity index (χ2v) is 7.14. The summed E-state index contributed by atoms with van der Waals surface area (Å²) in [4.78, 5) is 12.4. The first kappa shape index (κ1) is 24.1. The van der Waals surface area contributed by atoms with Crippen molar-refractivity contribution in [3.63, 3.8) is 0 Å². The van der Waals surface area contributed by atoms with Crippen LogP contribution in [0.3, 0.4) is 0 Å². The van der Waals surface area contributed by atoms with E-state index in [9.17, 15) is 13.2 Å². The Bertz CT molecular complexity index is 922. The Kier molecular flexibility index (Phi) is 9.56. The minimum absolute atomic E-state index is 0. The van der Waals surface area contributed by atoms with Gasteiger partial charge in [-0.05, 0) is 30.3 Å². The molecule has 0 saturated carbocycles. The van der Waals surface area contributed by atoms with Crippen LogP contribution in [0.2, 0.25) is 0 Å². The van der Waals surface area contributed by atoms with Gasteiger partial charge in [0.25, 0.3) is 16.0 Å². The molecular formula is C17H20N4NaO5S. The minimum atomic E-state index is -4.08. The van der Waals surface area contributed by atoms with Crippen LogP contribution in [0.15, 0.2) is 58.9 Å².